The zero-order chi connectivity index (χ0) is 42.3. The van der Waals surface area contributed by atoms with Crippen molar-refractivity contribution in [1.29, 1.82) is 0 Å². The number of hydrogen-bond acceptors (Lipinski definition) is 3. The first kappa shape index (κ1) is 39.0. The van der Waals surface area contributed by atoms with E-state index in [-0.39, 0.29) is 22.0 Å². The van der Waals surface area contributed by atoms with E-state index in [9.17, 15) is 5.11 Å². The Kier molecular flexibility index (Phi) is 9.16. The molecule has 0 radical (unpaired) electrons. The Morgan fingerprint density at radius 1 is 0.500 bits per heavy atom. The van der Waals surface area contributed by atoms with Gasteiger partial charge in [-0.1, -0.05) is 129 Å². The second-order valence-electron chi connectivity index (χ2n) is 19.5. The van der Waals surface area contributed by atoms with E-state index in [1.165, 1.54) is 44.1 Å². The molecule has 0 aliphatic heterocycles. The number of nitrogens with zero attached hydrogens (tertiary/aromatic N) is 4. The van der Waals surface area contributed by atoms with Gasteiger partial charge in [0.1, 0.15) is 11.6 Å². The minimum absolute atomic E-state index is 0.0802. The van der Waals surface area contributed by atoms with Gasteiger partial charge < -0.3 is 9.67 Å². The van der Waals surface area contributed by atoms with E-state index in [1.54, 1.807) is 6.07 Å². The maximum absolute atomic E-state index is 11.4. The molecular formula is C55H54N4O. The predicted molar refractivity (Wildman–Crippen MR) is 252 cm³/mol. The quantitative estimate of drug-likeness (QED) is 0.189. The third-order valence-electron chi connectivity index (χ3n) is 12.2. The lowest BCUT2D eigenvalue weighted by atomic mass is 9.80. The molecule has 6 aromatic carbocycles. The second kappa shape index (κ2) is 14.1. The normalized spacial score (nSPS) is 12.6. The summed E-state index contributed by atoms with van der Waals surface area (Å²) in [5, 5.41) is 13.9. The van der Waals surface area contributed by atoms with Gasteiger partial charge in [-0.15, -0.1) is 0 Å². The molecule has 9 aromatic rings. The van der Waals surface area contributed by atoms with Gasteiger partial charge in [0.15, 0.2) is 0 Å². The van der Waals surface area contributed by atoms with Crippen LogP contribution >= 0.6 is 0 Å². The topological polar surface area (TPSA) is 55.9 Å². The third kappa shape index (κ3) is 6.76. The molecule has 1 N–H and O–H groups in total. The highest BCUT2D eigenvalue weighted by molar-refractivity contribution is 6.15. The maximum atomic E-state index is 11.4. The largest absolute Gasteiger partial charge is 0.507 e. The summed E-state index contributed by atoms with van der Waals surface area (Å²) in [5.41, 5.74) is 15.8. The van der Waals surface area contributed by atoms with Crippen molar-refractivity contribution < 1.29 is 5.11 Å². The predicted octanol–water partition coefficient (Wildman–Crippen LogP) is 14.3. The molecule has 0 amide bonds. The molecule has 0 saturated heterocycles. The molecule has 0 aliphatic carbocycles. The van der Waals surface area contributed by atoms with Gasteiger partial charge in [-0.2, -0.15) is 0 Å². The van der Waals surface area contributed by atoms with E-state index in [2.05, 4.69) is 188 Å². The summed E-state index contributed by atoms with van der Waals surface area (Å²) in [6, 6.07) is 47.4. The molecular weight excluding hydrogens is 733 g/mol. The van der Waals surface area contributed by atoms with Crippen molar-refractivity contribution in [2.24, 2.45) is 7.05 Å². The number of rotatable bonds is 5. The molecule has 60 heavy (non-hydrogen) atoms. The number of aromatic nitrogens is 4. The molecule has 9 rings (SSSR count). The number of phenols is 1. The van der Waals surface area contributed by atoms with E-state index in [1.807, 2.05) is 24.4 Å². The highest BCUT2D eigenvalue weighted by atomic mass is 16.3. The fourth-order valence-corrected chi connectivity index (χ4v) is 8.61. The standard InChI is InChI=1S/C55H54N4O/c1-53(2,3)37-28-35(27-36(29-37)45-30-34(25-26-56-45)41-19-15-22-47-50(41)43-17-11-13-21-46(43)58(47)10)42-20-16-23-48-51(42)57-52(44-18-12-14-24-49(44)60)59(48)40-32-38(54(4,5)6)31-39(33-40)55(7,8)9/h11-33,60H,1-10H3. The minimum Gasteiger partial charge on any atom is -0.507 e. The maximum Gasteiger partial charge on any atom is 0.149 e. The van der Waals surface area contributed by atoms with Gasteiger partial charge in [0.05, 0.1) is 22.3 Å². The number of fused-ring (bicyclic) bond motifs is 4. The molecule has 5 heteroatoms. The molecule has 0 atom stereocenters. The van der Waals surface area contributed by atoms with Crippen LogP contribution in [0.3, 0.4) is 0 Å². The molecule has 0 unspecified atom stereocenters. The Hall–Kier alpha value is -6.46. The molecule has 300 valence electrons. The molecule has 5 nitrogen and oxygen atoms in total. The number of benzene rings is 6. The highest BCUT2D eigenvalue weighted by Crippen LogP contribution is 2.42. The lowest BCUT2D eigenvalue weighted by molar-refractivity contribution is 0.477. The SMILES string of the molecule is Cn1c2ccccc2c2c(-c3ccnc(-c4cc(-c5cccc6c5nc(-c5ccccc5O)n6-c5cc(C(C)(C)C)cc(C(C)(C)C)c5)cc(C(C)(C)C)c4)c3)cccc21. The number of pyridine rings is 1. The monoisotopic (exact) mass is 786 g/mol. The van der Waals surface area contributed by atoms with Crippen molar-refractivity contribution in [1.82, 2.24) is 19.1 Å². The van der Waals surface area contributed by atoms with Crippen LogP contribution in [0.4, 0.5) is 0 Å². The van der Waals surface area contributed by atoms with Crippen LogP contribution < -0.4 is 0 Å². The van der Waals surface area contributed by atoms with Gasteiger partial charge in [0.2, 0.25) is 0 Å². The Balaban J connectivity index is 1.27. The van der Waals surface area contributed by atoms with Gasteiger partial charge in [0.25, 0.3) is 0 Å². The molecule has 0 bridgehead atoms. The van der Waals surface area contributed by atoms with Crippen molar-refractivity contribution in [3.8, 4) is 56.3 Å². The van der Waals surface area contributed by atoms with Crippen molar-refractivity contribution >= 4 is 32.8 Å². The first-order chi connectivity index (χ1) is 28.5. The Labute approximate surface area is 354 Å². The van der Waals surface area contributed by atoms with Crippen LogP contribution in [0.1, 0.15) is 79.0 Å². The lowest BCUT2D eigenvalue weighted by Crippen LogP contribution is -2.17. The smallest absolute Gasteiger partial charge is 0.149 e. The first-order valence-corrected chi connectivity index (χ1v) is 21.0. The molecule has 0 saturated carbocycles. The Morgan fingerprint density at radius 2 is 1.08 bits per heavy atom. The summed E-state index contributed by atoms with van der Waals surface area (Å²) in [6.45, 7) is 20.4. The minimum atomic E-state index is -0.137. The Morgan fingerprint density at radius 3 is 1.78 bits per heavy atom. The van der Waals surface area contributed by atoms with Crippen LogP contribution in [0.2, 0.25) is 0 Å². The fourth-order valence-electron chi connectivity index (χ4n) is 8.61. The number of para-hydroxylation sites is 3. The number of aromatic hydroxyl groups is 1. The molecule has 0 aliphatic rings. The van der Waals surface area contributed by atoms with E-state index >= 15 is 0 Å². The van der Waals surface area contributed by atoms with Gasteiger partial charge in [-0.25, -0.2) is 4.98 Å². The highest BCUT2D eigenvalue weighted by Gasteiger charge is 2.26. The summed E-state index contributed by atoms with van der Waals surface area (Å²) >= 11 is 0. The van der Waals surface area contributed by atoms with Crippen LogP contribution in [0.25, 0.3) is 83.4 Å². The van der Waals surface area contributed by atoms with Crippen molar-refractivity contribution in [3.05, 3.63) is 156 Å². The second-order valence-corrected chi connectivity index (χ2v) is 19.5. The number of hydrogen-bond donors (Lipinski definition) is 1. The Bertz CT molecular complexity index is 3090. The van der Waals surface area contributed by atoms with Gasteiger partial charge >= 0.3 is 0 Å². The third-order valence-corrected chi connectivity index (χ3v) is 12.2. The molecule has 3 aromatic heterocycles. The number of phenolic OH excluding ortho intramolecular Hbond substituents is 1. The average molecular weight is 787 g/mol. The number of imidazole rings is 1. The van der Waals surface area contributed by atoms with E-state index in [4.69, 9.17) is 9.97 Å². The summed E-state index contributed by atoms with van der Waals surface area (Å²) in [7, 11) is 2.15. The van der Waals surface area contributed by atoms with Crippen LogP contribution in [0.15, 0.2) is 140 Å². The van der Waals surface area contributed by atoms with Gasteiger partial charge in [-0.3, -0.25) is 9.55 Å². The van der Waals surface area contributed by atoms with Crippen molar-refractivity contribution in [2.45, 2.75) is 78.6 Å². The zero-order valence-corrected chi connectivity index (χ0v) is 36.5. The summed E-state index contributed by atoms with van der Waals surface area (Å²) in [5.74, 6) is 0.895. The van der Waals surface area contributed by atoms with Gasteiger partial charge in [-0.05, 0) is 116 Å². The van der Waals surface area contributed by atoms with E-state index in [0.717, 1.165) is 44.7 Å². The van der Waals surface area contributed by atoms with E-state index < -0.39 is 0 Å². The summed E-state index contributed by atoms with van der Waals surface area (Å²) in [4.78, 5) is 10.5. The van der Waals surface area contributed by atoms with Crippen LogP contribution in [-0.2, 0) is 23.3 Å². The lowest BCUT2D eigenvalue weighted by Gasteiger charge is -2.27. The van der Waals surface area contributed by atoms with Crippen LogP contribution in [-0.4, -0.2) is 24.2 Å². The number of aryl methyl sites for hydroxylation is 1. The zero-order valence-electron chi connectivity index (χ0n) is 36.5. The summed E-state index contributed by atoms with van der Waals surface area (Å²) < 4.78 is 4.53. The van der Waals surface area contributed by atoms with E-state index in [0.29, 0.717) is 11.4 Å². The molecule has 0 spiro atoms. The van der Waals surface area contributed by atoms with Crippen molar-refractivity contribution in [3.63, 3.8) is 0 Å². The fraction of sp³-hybridized carbons (Fsp3) is 0.236. The molecule has 0 fully saturated rings. The average Bonchev–Trinajstić information content (AvgIpc) is 3.75. The molecule has 3 heterocycles. The van der Waals surface area contributed by atoms with Crippen LogP contribution in [0.5, 0.6) is 5.75 Å². The summed E-state index contributed by atoms with van der Waals surface area (Å²) in [6.07, 6.45) is 1.94. The first-order valence-electron chi connectivity index (χ1n) is 21.0. The van der Waals surface area contributed by atoms with Gasteiger partial charge in [0, 0.05) is 51.9 Å². The van der Waals surface area contributed by atoms with Crippen molar-refractivity contribution in [2.75, 3.05) is 0 Å². The van der Waals surface area contributed by atoms with Crippen LogP contribution in [0, 0.1) is 0 Å².